The van der Waals surface area contributed by atoms with Crippen molar-refractivity contribution in [3.8, 4) is 5.75 Å². The molecule has 1 atom stereocenters. The zero-order valence-electron chi connectivity index (χ0n) is 21.7. The molecule has 1 N–H and O–H groups in total. The topological polar surface area (TPSA) is 72.7 Å². The van der Waals surface area contributed by atoms with E-state index in [4.69, 9.17) is 4.74 Å². The van der Waals surface area contributed by atoms with Crippen LogP contribution in [0.3, 0.4) is 0 Å². The number of rotatable bonds is 6. The van der Waals surface area contributed by atoms with Gasteiger partial charge in [-0.2, -0.15) is 0 Å². The SMILES string of the molecule is CC1=C(C(=O)Nc2ccccc2)[C@H](c2ccc(F)cc2)n2c(s/c(=C\c3cc(I)c(OC(C)C)c(I)c3)c2=O)=N1. The van der Waals surface area contributed by atoms with Crippen molar-refractivity contribution >= 4 is 74.2 Å². The van der Waals surface area contributed by atoms with Crippen molar-refractivity contribution in [1.29, 1.82) is 0 Å². The highest BCUT2D eigenvalue weighted by atomic mass is 127. The molecule has 0 saturated heterocycles. The fraction of sp³-hybridized carbons (Fsp3) is 0.167. The summed E-state index contributed by atoms with van der Waals surface area (Å²) in [5.41, 5.74) is 2.64. The molecule has 0 aliphatic carbocycles. The van der Waals surface area contributed by atoms with Crippen molar-refractivity contribution < 1.29 is 13.9 Å². The molecular formula is C30H24FI2N3O3S. The zero-order valence-corrected chi connectivity index (χ0v) is 26.9. The molecule has 0 saturated carbocycles. The molecule has 1 aliphatic rings. The second-order valence-corrected chi connectivity index (χ2v) is 12.8. The zero-order chi connectivity index (χ0) is 28.6. The molecule has 0 fully saturated rings. The molecule has 0 radical (unpaired) electrons. The number of nitrogens with zero attached hydrogens (tertiary/aromatic N) is 2. The number of aromatic nitrogens is 1. The second-order valence-electron chi connectivity index (χ2n) is 9.43. The first-order chi connectivity index (χ1) is 19.1. The van der Waals surface area contributed by atoms with E-state index in [2.05, 4.69) is 55.5 Å². The highest BCUT2D eigenvalue weighted by Crippen LogP contribution is 2.32. The van der Waals surface area contributed by atoms with Gasteiger partial charge >= 0.3 is 0 Å². The summed E-state index contributed by atoms with van der Waals surface area (Å²) < 4.78 is 23.7. The number of ether oxygens (including phenoxy) is 1. The number of hydrogen-bond donors (Lipinski definition) is 1. The van der Waals surface area contributed by atoms with E-state index in [1.54, 1.807) is 31.2 Å². The van der Waals surface area contributed by atoms with Gasteiger partial charge < -0.3 is 10.1 Å². The van der Waals surface area contributed by atoms with Crippen LogP contribution in [0.2, 0.25) is 0 Å². The smallest absolute Gasteiger partial charge is 0.271 e. The van der Waals surface area contributed by atoms with Crippen LogP contribution in [0.4, 0.5) is 10.1 Å². The Kier molecular flexibility index (Phi) is 8.57. The Hall–Kier alpha value is -2.84. The first-order valence-electron chi connectivity index (χ1n) is 12.4. The van der Waals surface area contributed by atoms with E-state index >= 15 is 0 Å². The van der Waals surface area contributed by atoms with E-state index in [0.717, 1.165) is 18.5 Å². The lowest BCUT2D eigenvalue weighted by Gasteiger charge is -2.25. The molecule has 0 bridgehead atoms. The summed E-state index contributed by atoms with van der Waals surface area (Å²) in [6, 6.07) is 18.1. The van der Waals surface area contributed by atoms with Gasteiger partial charge in [0.1, 0.15) is 11.6 Å². The number of allylic oxidation sites excluding steroid dienone is 1. The van der Waals surface area contributed by atoms with Gasteiger partial charge in [-0.1, -0.05) is 41.7 Å². The Labute approximate surface area is 261 Å². The predicted molar refractivity (Wildman–Crippen MR) is 173 cm³/mol. The quantitative estimate of drug-likeness (QED) is 0.244. The minimum Gasteiger partial charge on any atom is -0.489 e. The molecule has 3 aromatic carbocycles. The lowest BCUT2D eigenvalue weighted by molar-refractivity contribution is -0.113. The lowest BCUT2D eigenvalue weighted by atomic mass is 9.95. The number of amides is 1. The molecular weight excluding hydrogens is 755 g/mol. The van der Waals surface area contributed by atoms with E-state index in [9.17, 15) is 14.0 Å². The molecule has 40 heavy (non-hydrogen) atoms. The van der Waals surface area contributed by atoms with Crippen LogP contribution in [-0.2, 0) is 4.79 Å². The Bertz CT molecular complexity index is 1790. The van der Waals surface area contributed by atoms with E-state index < -0.39 is 11.9 Å². The number of fused-ring (bicyclic) bond motifs is 1. The van der Waals surface area contributed by atoms with Crippen LogP contribution in [0, 0.1) is 13.0 Å². The van der Waals surface area contributed by atoms with Crippen molar-refractivity contribution in [2.45, 2.75) is 32.9 Å². The van der Waals surface area contributed by atoms with Crippen LogP contribution >= 0.6 is 56.5 Å². The molecule has 1 amide bonds. The molecule has 5 rings (SSSR count). The number of halogens is 3. The van der Waals surface area contributed by atoms with Crippen molar-refractivity contribution in [1.82, 2.24) is 4.57 Å². The summed E-state index contributed by atoms with van der Waals surface area (Å²) in [6.07, 6.45) is 1.87. The van der Waals surface area contributed by atoms with Crippen LogP contribution in [0.5, 0.6) is 5.75 Å². The molecule has 1 aliphatic heterocycles. The number of benzene rings is 3. The third-order valence-electron chi connectivity index (χ3n) is 6.16. The number of nitrogens with one attached hydrogen (secondary N) is 1. The van der Waals surface area contributed by atoms with Gasteiger partial charge in [0.25, 0.3) is 11.5 Å². The maximum atomic E-state index is 13.9. The number of thiazole rings is 1. The number of hydrogen-bond acceptors (Lipinski definition) is 5. The van der Waals surface area contributed by atoms with E-state index in [1.165, 1.54) is 28.0 Å². The largest absolute Gasteiger partial charge is 0.489 e. The molecule has 4 aromatic rings. The van der Waals surface area contributed by atoms with Crippen molar-refractivity contribution in [2.75, 3.05) is 5.32 Å². The van der Waals surface area contributed by atoms with Gasteiger partial charge in [-0.25, -0.2) is 9.38 Å². The van der Waals surface area contributed by atoms with Gasteiger partial charge in [0.2, 0.25) is 0 Å². The maximum Gasteiger partial charge on any atom is 0.271 e. The van der Waals surface area contributed by atoms with Gasteiger partial charge in [-0.05, 0) is 120 Å². The molecule has 2 heterocycles. The molecule has 6 nitrogen and oxygen atoms in total. The first-order valence-corrected chi connectivity index (χ1v) is 15.4. The maximum absolute atomic E-state index is 13.9. The van der Waals surface area contributed by atoms with Gasteiger partial charge in [0, 0.05) is 5.69 Å². The van der Waals surface area contributed by atoms with Gasteiger partial charge in [0.15, 0.2) is 4.80 Å². The van der Waals surface area contributed by atoms with Crippen LogP contribution in [0.25, 0.3) is 6.08 Å². The highest BCUT2D eigenvalue weighted by Gasteiger charge is 2.32. The van der Waals surface area contributed by atoms with E-state index in [1.807, 2.05) is 50.3 Å². The second kappa shape index (κ2) is 12.0. The Morgan fingerprint density at radius 1 is 1.10 bits per heavy atom. The normalized spacial score (nSPS) is 15.2. The minimum atomic E-state index is -0.773. The predicted octanol–water partition coefficient (Wildman–Crippen LogP) is 6.01. The van der Waals surface area contributed by atoms with Gasteiger partial charge in [-0.3, -0.25) is 14.2 Å². The number of anilines is 1. The standard InChI is InChI=1S/C30H24FI2N3O3S/c1-16(2)39-27-22(32)13-18(14-23(27)33)15-24-29(38)36-26(19-9-11-20(31)12-10-19)25(17(3)34-30(36)40-24)28(37)35-21-7-5-4-6-8-21/h4-16,26H,1-3H3,(H,35,37)/b24-15-/t26-/m0/s1. The summed E-state index contributed by atoms with van der Waals surface area (Å²) >= 11 is 5.73. The van der Waals surface area contributed by atoms with Crippen molar-refractivity contribution in [2.24, 2.45) is 4.99 Å². The van der Waals surface area contributed by atoms with Crippen LogP contribution in [-0.4, -0.2) is 16.6 Å². The van der Waals surface area contributed by atoms with Crippen LogP contribution in [0.1, 0.15) is 37.9 Å². The first kappa shape index (κ1) is 28.7. The molecule has 0 spiro atoms. The average molecular weight is 779 g/mol. The third kappa shape index (κ3) is 5.93. The van der Waals surface area contributed by atoms with E-state index in [-0.39, 0.29) is 17.6 Å². The number of carbonyl (C=O) groups excluding carboxylic acids is 1. The van der Waals surface area contributed by atoms with Crippen molar-refractivity contribution in [3.63, 3.8) is 0 Å². The van der Waals surface area contributed by atoms with Crippen LogP contribution < -0.4 is 24.9 Å². The summed E-state index contributed by atoms with van der Waals surface area (Å²) in [4.78, 5) is 32.7. The fourth-order valence-corrected chi connectivity index (χ4v) is 7.57. The van der Waals surface area contributed by atoms with Gasteiger partial charge in [-0.15, -0.1) is 0 Å². The molecule has 10 heteroatoms. The Balaban J connectivity index is 1.64. The summed E-state index contributed by atoms with van der Waals surface area (Å²) in [5, 5.41) is 2.92. The third-order valence-corrected chi connectivity index (χ3v) is 8.74. The highest BCUT2D eigenvalue weighted by molar-refractivity contribution is 14.1. The summed E-state index contributed by atoms with van der Waals surface area (Å²) in [6.45, 7) is 5.72. The molecule has 204 valence electrons. The van der Waals surface area contributed by atoms with Gasteiger partial charge in [0.05, 0.1) is 35.1 Å². The number of carbonyl (C=O) groups is 1. The molecule has 0 unspecified atom stereocenters. The van der Waals surface area contributed by atoms with Crippen molar-refractivity contribution in [3.05, 3.63) is 122 Å². The molecule has 1 aromatic heterocycles. The Morgan fingerprint density at radius 2 is 1.75 bits per heavy atom. The summed E-state index contributed by atoms with van der Waals surface area (Å²) in [7, 11) is 0. The lowest BCUT2D eigenvalue weighted by Crippen LogP contribution is -2.40. The minimum absolute atomic E-state index is 0.0413. The average Bonchev–Trinajstić information content (AvgIpc) is 3.20. The number of para-hydroxylation sites is 1. The summed E-state index contributed by atoms with van der Waals surface area (Å²) in [5.74, 6) is 0.0398. The monoisotopic (exact) mass is 779 g/mol. The fourth-order valence-electron chi connectivity index (χ4n) is 4.45. The Morgan fingerprint density at radius 3 is 2.38 bits per heavy atom. The van der Waals surface area contributed by atoms with E-state index in [0.29, 0.717) is 31.9 Å². The van der Waals surface area contributed by atoms with Crippen LogP contribution in [0.15, 0.2) is 87.8 Å².